The van der Waals surface area contributed by atoms with Crippen LogP contribution < -0.4 is 0 Å². The van der Waals surface area contributed by atoms with E-state index in [1.54, 1.807) is 0 Å². The van der Waals surface area contributed by atoms with Crippen LogP contribution in [0.25, 0.3) is 5.57 Å². The number of rotatable bonds is 2. The summed E-state index contributed by atoms with van der Waals surface area (Å²) in [5, 5.41) is 0. The van der Waals surface area contributed by atoms with Crippen LogP contribution in [0.15, 0.2) is 24.3 Å². The Morgan fingerprint density at radius 1 is 1.18 bits per heavy atom. The summed E-state index contributed by atoms with van der Waals surface area (Å²) >= 11 is 0. The SMILES string of the molecule is CC(C)(C)C1=CCC(C)(C)c2ccc([C@@]3(C)C[C@H]3C=O)cc21. The molecule has 1 aromatic rings. The fourth-order valence-corrected chi connectivity index (χ4v) is 3.93. The van der Waals surface area contributed by atoms with Crippen molar-refractivity contribution in [2.75, 3.05) is 0 Å². The number of carbonyl (C=O) groups excluding carboxylic acids is 1. The average Bonchev–Trinajstić information content (AvgIpc) is 3.09. The van der Waals surface area contributed by atoms with Gasteiger partial charge in [-0.15, -0.1) is 0 Å². The van der Waals surface area contributed by atoms with Crippen LogP contribution in [0.2, 0.25) is 0 Å². The summed E-state index contributed by atoms with van der Waals surface area (Å²) in [6.07, 6.45) is 5.65. The summed E-state index contributed by atoms with van der Waals surface area (Å²) in [6.45, 7) is 13.8. The maximum Gasteiger partial charge on any atom is 0.123 e. The first-order valence-corrected chi connectivity index (χ1v) is 8.41. The molecule has 1 aromatic carbocycles. The average molecular weight is 296 g/mol. The van der Waals surface area contributed by atoms with Crippen LogP contribution >= 0.6 is 0 Å². The van der Waals surface area contributed by atoms with Crippen LogP contribution in [0.5, 0.6) is 0 Å². The predicted molar refractivity (Wildman–Crippen MR) is 93.0 cm³/mol. The molecule has 0 bridgehead atoms. The van der Waals surface area contributed by atoms with Crippen molar-refractivity contribution in [1.29, 1.82) is 0 Å². The van der Waals surface area contributed by atoms with Gasteiger partial charge in [-0.1, -0.05) is 65.8 Å². The number of hydrogen-bond donors (Lipinski definition) is 0. The Balaban J connectivity index is 2.13. The molecular formula is C21H28O. The van der Waals surface area contributed by atoms with Gasteiger partial charge in [-0.3, -0.25) is 0 Å². The lowest BCUT2D eigenvalue weighted by molar-refractivity contribution is -0.109. The van der Waals surface area contributed by atoms with Crippen molar-refractivity contribution in [3.8, 4) is 0 Å². The Morgan fingerprint density at radius 3 is 2.41 bits per heavy atom. The summed E-state index contributed by atoms with van der Waals surface area (Å²) < 4.78 is 0. The topological polar surface area (TPSA) is 17.1 Å². The Bertz CT molecular complexity index is 657. The van der Waals surface area contributed by atoms with Crippen molar-refractivity contribution in [3.63, 3.8) is 0 Å². The second-order valence-electron chi connectivity index (χ2n) is 9.08. The first-order chi connectivity index (χ1) is 10.1. The largest absolute Gasteiger partial charge is 0.303 e. The van der Waals surface area contributed by atoms with E-state index in [2.05, 4.69) is 65.8 Å². The Labute approximate surface area is 134 Å². The monoisotopic (exact) mass is 296 g/mol. The van der Waals surface area contributed by atoms with Crippen LogP contribution in [0, 0.1) is 11.3 Å². The zero-order valence-electron chi connectivity index (χ0n) is 14.8. The normalized spacial score (nSPS) is 29.5. The Morgan fingerprint density at radius 2 is 1.86 bits per heavy atom. The molecule has 0 aliphatic heterocycles. The molecule has 1 saturated carbocycles. The van der Waals surface area contributed by atoms with Crippen molar-refractivity contribution in [2.24, 2.45) is 11.3 Å². The van der Waals surface area contributed by atoms with E-state index >= 15 is 0 Å². The van der Waals surface area contributed by atoms with Gasteiger partial charge in [0.25, 0.3) is 0 Å². The molecule has 0 unspecified atom stereocenters. The molecule has 0 aromatic heterocycles. The van der Waals surface area contributed by atoms with Crippen molar-refractivity contribution in [3.05, 3.63) is 41.0 Å². The molecule has 118 valence electrons. The summed E-state index contributed by atoms with van der Waals surface area (Å²) in [5.41, 5.74) is 6.04. The van der Waals surface area contributed by atoms with Crippen LogP contribution in [-0.4, -0.2) is 6.29 Å². The molecule has 2 aliphatic rings. The van der Waals surface area contributed by atoms with Crippen molar-refractivity contribution < 1.29 is 4.79 Å². The number of carbonyl (C=O) groups is 1. The summed E-state index contributed by atoms with van der Waals surface area (Å²) in [5.74, 6) is 0.198. The number of aldehydes is 1. The highest BCUT2D eigenvalue weighted by Gasteiger charge is 2.51. The summed E-state index contributed by atoms with van der Waals surface area (Å²) in [4.78, 5) is 11.2. The molecule has 0 N–H and O–H groups in total. The Hall–Kier alpha value is -1.37. The van der Waals surface area contributed by atoms with E-state index in [0.717, 1.165) is 19.1 Å². The first kappa shape index (κ1) is 15.5. The summed E-state index contributed by atoms with van der Waals surface area (Å²) in [6, 6.07) is 6.95. The summed E-state index contributed by atoms with van der Waals surface area (Å²) in [7, 11) is 0. The van der Waals surface area contributed by atoms with E-state index in [9.17, 15) is 4.79 Å². The maximum absolute atomic E-state index is 11.2. The minimum Gasteiger partial charge on any atom is -0.303 e. The minimum absolute atomic E-state index is 0.0569. The zero-order chi connectivity index (χ0) is 16.3. The molecule has 2 atom stereocenters. The molecular weight excluding hydrogens is 268 g/mol. The third-order valence-corrected chi connectivity index (χ3v) is 5.79. The zero-order valence-corrected chi connectivity index (χ0v) is 14.8. The van der Waals surface area contributed by atoms with Crippen LogP contribution in [0.3, 0.4) is 0 Å². The highest BCUT2D eigenvalue weighted by molar-refractivity contribution is 5.76. The van der Waals surface area contributed by atoms with Gasteiger partial charge in [-0.2, -0.15) is 0 Å². The van der Waals surface area contributed by atoms with Crippen molar-refractivity contribution >= 4 is 11.9 Å². The number of allylic oxidation sites excluding steroid dienone is 2. The van der Waals surface area contributed by atoms with Crippen LogP contribution in [0.1, 0.15) is 71.1 Å². The van der Waals surface area contributed by atoms with Gasteiger partial charge in [-0.25, -0.2) is 0 Å². The first-order valence-electron chi connectivity index (χ1n) is 8.41. The second-order valence-corrected chi connectivity index (χ2v) is 9.08. The van der Waals surface area contributed by atoms with E-state index in [4.69, 9.17) is 0 Å². The lowest BCUT2D eigenvalue weighted by Gasteiger charge is -2.37. The fraction of sp³-hybridized carbons (Fsp3) is 0.571. The van der Waals surface area contributed by atoms with Crippen LogP contribution in [0.4, 0.5) is 0 Å². The van der Waals surface area contributed by atoms with Crippen LogP contribution in [-0.2, 0) is 15.6 Å². The Kier molecular flexibility index (Phi) is 3.22. The lowest BCUT2D eigenvalue weighted by atomic mass is 9.67. The quantitative estimate of drug-likeness (QED) is 0.679. The van der Waals surface area contributed by atoms with Gasteiger partial charge in [0.2, 0.25) is 0 Å². The van der Waals surface area contributed by atoms with Gasteiger partial charge in [0.1, 0.15) is 6.29 Å². The lowest BCUT2D eigenvalue weighted by Crippen LogP contribution is -2.25. The maximum atomic E-state index is 11.2. The van der Waals surface area contributed by atoms with E-state index in [0.29, 0.717) is 0 Å². The van der Waals surface area contributed by atoms with Crippen molar-refractivity contribution in [2.45, 2.75) is 65.2 Å². The molecule has 1 heteroatoms. The van der Waals surface area contributed by atoms with Gasteiger partial charge in [0.15, 0.2) is 0 Å². The molecule has 22 heavy (non-hydrogen) atoms. The van der Waals surface area contributed by atoms with E-state index < -0.39 is 0 Å². The predicted octanol–water partition coefficient (Wildman–Crippen LogP) is 5.27. The molecule has 2 aliphatic carbocycles. The third kappa shape index (κ3) is 2.26. The minimum atomic E-state index is 0.0569. The highest BCUT2D eigenvalue weighted by Crippen LogP contribution is 2.54. The van der Waals surface area contributed by atoms with E-state index in [1.165, 1.54) is 22.3 Å². The molecule has 0 saturated heterocycles. The molecule has 0 heterocycles. The van der Waals surface area contributed by atoms with Gasteiger partial charge in [-0.05, 0) is 45.9 Å². The van der Waals surface area contributed by atoms with Gasteiger partial charge >= 0.3 is 0 Å². The fourth-order valence-electron chi connectivity index (χ4n) is 3.93. The third-order valence-electron chi connectivity index (χ3n) is 5.79. The molecule has 0 amide bonds. The second kappa shape index (κ2) is 4.57. The van der Waals surface area contributed by atoms with Crippen molar-refractivity contribution in [1.82, 2.24) is 0 Å². The van der Waals surface area contributed by atoms with E-state index in [-0.39, 0.29) is 22.2 Å². The number of benzene rings is 1. The molecule has 0 spiro atoms. The highest BCUT2D eigenvalue weighted by atomic mass is 16.1. The molecule has 0 radical (unpaired) electrons. The smallest absolute Gasteiger partial charge is 0.123 e. The molecule has 1 fully saturated rings. The number of hydrogen-bond acceptors (Lipinski definition) is 1. The van der Waals surface area contributed by atoms with Gasteiger partial charge < -0.3 is 4.79 Å². The number of fused-ring (bicyclic) bond motifs is 1. The molecule has 3 rings (SSSR count). The molecule has 1 nitrogen and oxygen atoms in total. The van der Waals surface area contributed by atoms with Gasteiger partial charge in [0, 0.05) is 11.3 Å². The van der Waals surface area contributed by atoms with Gasteiger partial charge in [0.05, 0.1) is 0 Å². The van der Waals surface area contributed by atoms with E-state index in [1.807, 2.05) is 0 Å². The standard InChI is InChI=1S/C21H28O/c1-19(2,3)17-9-10-20(4,5)18-8-7-14(11-16(17)18)21(6)12-15(21)13-22/h7-9,11,13,15H,10,12H2,1-6H3/t15-,21+/m0/s1.